The molecular formula is C13H23N2O13P3. The molecule has 0 bridgehead atoms. The van der Waals surface area contributed by atoms with Gasteiger partial charge in [-0.25, -0.2) is 18.5 Å². The average molecular weight is 508 g/mol. The molecule has 0 aromatic heterocycles. The summed E-state index contributed by atoms with van der Waals surface area (Å²) in [5, 5.41) is 13.2. The maximum Gasteiger partial charge on any atom is 0.490 e. The van der Waals surface area contributed by atoms with Crippen LogP contribution in [0.15, 0.2) is 24.6 Å². The third-order valence-electron chi connectivity index (χ3n) is 4.42. The molecule has 1 saturated heterocycles. The van der Waals surface area contributed by atoms with Gasteiger partial charge < -0.3 is 34.7 Å². The average Bonchev–Trinajstić information content (AvgIpc) is 2.71. The third-order valence-corrected chi connectivity index (χ3v) is 8.20. The number of nitrogens with zero attached hydrogens (tertiary/aromatic N) is 1. The number of phosphoric ester groups is 1. The van der Waals surface area contributed by atoms with Crippen molar-refractivity contribution in [3.8, 4) is 0 Å². The van der Waals surface area contributed by atoms with Gasteiger partial charge in [-0.15, -0.1) is 0 Å². The van der Waals surface area contributed by atoms with E-state index in [1.165, 1.54) is 19.2 Å². The first-order chi connectivity index (χ1) is 13.8. The minimum atomic E-state index is -5.69. The fraction of sp³-hybridized carbons (Fsp3) is 0.615. The van der Waals surface area contributed by atoms with E-state index in [2.05, 4.69) is 25.0 Å². The molecule has 18 heteroatoms. The van der Waals surface area contributed by atoms with Crippen molar-refractivity contribution < 1.29 is 61.1 Å². The van der Waals surface area contributed by atoms with Crippen molar-refractivity contribution in [2.75, 3.05) is 6.61 Å². The Balaban J connectivity index is 2.16. The highest BCUT2D eigenvalue weighted by molar-refractivity contribution is 7.66. The van der Waals surface area contributed by atoms with E-state index in [0.717, 1.165) is 4.90 Å². The summed E-state index contributed by atoms with van der Waals surface area (Å²) in [6.07, 6.45) is 0.397. The van der Waals surface area contributed by atoms with Gasteiger partial charge in [0, 0.05) is 17.3 Å². The van der Waals surface area contributed by atoms with Crippen molar-refractivity contribution in [3.05, 3.63) is 24.6 Å². The van der Waals surface area contributed by atoms with E-state index in [4.69, 9.17) is 14.5 Å². The second kappa shape index (κ2) is 8.45. The molecule has 1 fully saturated rings. The van der Waals surface area contributed by atoms with Gasteiger partial charge in [0.15, 0.2) is 0 Å². The molecule has 0 aliphatic carbocycles. The fourth-order valence-electron chi connectivity index (χ4n) is 3.10. The Bertz CT molecular complexity index is 930. The van der Waals surface area contributed by atoms with Gasteiger partial charge in [0.05, 0.1) is 12.7 Å². The van der Waals surface area contributed by atoms with Crippen molar-refractivity contribution in [1.29, 1.82) is 0 Å². The maximum absolute atomic E-state index is 12.3. The number of nitrogens with one attached hydrogen (secondary N) is 1. The maximum atomic E-state index is 12.3. The Kier molecular flexibility index (Phi) is 7.18. The molecule has 0 radical (unpaired) electrons. The molecule has 2 unspecified atom stereocenters. The third kappa shape index (κ3) is 6.32. The van der Waals surface area contributed by atoms with Crippen LogP contribution in [0.2, 0.25) is 0 Å². The van der Waals surface area contributed by atoms with E-state index in [0.29, 0.717) is 5.70 Å². The largest absolute Gasteiger partial charge is 0.490 e. The lowest BCUT2D eigenvalue weighted by Crippen LogP contribution is -2.51. The molecule has 2 heterocycles. The van der Waals surface area contributed by atoms with Crippen LogP contribution < -0.4 is 5.32 Å². The summed E-state index contributed by atoms with van der Waals surface area (Å²) in [7, 11) is -16.7. The monoisotopic (exact) mass is 508 g/mol. The number of allylic oxidation sites excluding steroid dienone is 1. The zero-order chi connectivity index (χ0) is 24.0. The van der Waals surface area contributed by atoms with Gasteiger partial charge in [-0.05, 0) is 13.0 Å². The van der Waals surface area contributed by atoms with Crippen molar-refractivity contribution in [2.45, 2.75) is 38.7 Å². The lowest BCUT2D eigenvalue weighted by atomic mass is 9.80. The molecule has 2 amide bonds. The number of aliphatic hydroxyl groups excluding tert-OH is 1. The summed E-state index contributed by atoms with van der Waals surface area (Å²) in [4.78, 5) is 49.3. The number of hydrogen-bond acceptors (Lipinski definition) is 9. The lowest BCUT2D eigenvalue weighted by molar-refractivity contribution is -0.119. The SMILES string of the molecule is C=C1C=CN([C@@H]2O[C@](C)(COP(=O)(O)OP(=O)(O)OP(=O)(O)O)[C@H](O)C2(C)C)C(=O)N1. The summed E-state index contributed by atoms with van der Waals surface area (Å²) in [6.45, 7) is 7.10. The van der Waals surface area contributed by atoms with Crippen molar-refractivity contribution >= 4 is 29.5 Å². The van der Waals surface area contributed by atoms with E-state index >= 15 is 0 Å². The van der Waals surface area contributed by atoms with Gasteiger partial charge in [-0.2, -0.15) is 8.62 Å². The van der Waals surface area contributed by atoms with E-state index in [9.17, 15) is 33.4 Å². The van der Waals surface area contributed by atoms with Crippen LogP contribution in [-0.2, 0) is 31.6 Å². The van der Waals surface area contributed by atoms with Crippen molar-refractivity contribution in [3.63, 3.8) is 0 Å². The highest BCUT2D eigenvalue weighted by Gasteiger charge is 2.60. The number of carbonyl (C=O) groups excluding carboxylic acids is 1. The van der Waals surface area contributed by atoms with E-state index in [-0.39, 0.29) is 0 Å². The van der Waals surface area contributed by atoms with Crippen LogP contribution in [0.4, 0.5) is 4.79 Å². The molecule has 0 aromatic rings. The van der Waals surface area contributed by atoms with Crippen molar-refractivity contribution in [2.24, 2.45) is 5.41 Å². The minimum Gasteiger partial charge on any atom is -0.389 e. The molecule has 6 N–H and O–H groups in total. The highest BCUT2D eigenvalue weighted by Crippen LogP contribution is 2.66. The highest BCUT2D eigenvalue weighted by atomic mass is 31.3. The zero-order valence-electron chi connectivity index (χ0n) is 16.5. The molecule has 0 aromatic carbocycles. The first-order valence-electron chi connectivity index (χ1n) is 8.39. The molecular weight excluding hydrogens is 485 g/mol. The molecule has 0 spiro atoms. The topological polar surface area (TPSA) is 222 Å². The number of aliphatic hydroxyl groups is 1. The lowest BCUT2D eigenvalue weighted by Gasteiger charge is -2.36. The Morgan fingerprint density at radius 3 is 2.26 bits per heavy atom. The predicted octanol–water partition coefficient (Wildman–Crippen LogP) is 0.884. The Labute approximate surface area is 176 Å². The molecule has 2 rings (SSSR count). The Morgan fingerprint density at radius 2 is 1.74 bits per heavy atom. The summed E-state index contributed by atoms with van der Waals surface area (Å²) < 4.78 is 51.7. The standard InChI is InChI=1S/C13H23N2O13P3/c1-8-5-6-15(11(17)14-8)10-12(2,3)9(16)13(4,26-10)7-25-30(21,22)28-31(23,24)27-29(18,19)20/h5-6,9-10,16H,1,7H2,2-4H3,(H,14,17)(H,21,22)(H,23,24)(H2,18,19,20)/t9-,10-,13-/m1/s1. The number of hydrogen-bond donors (Lipinski definition) is 6. The first kappa shape index (κ1) is 26.3. The van der Waals surface area contributed by atoms with Crippen LogP contribution in [0.1, 0.15) is 20.8 Å². The molecule has 0 saturated carbocycles. The molecule has 2 aliphatic heterocycles. The minimum absolute atomic E-state index is 0.327. The quantitative estimate of drug-likeness (QED) is 0.251. The predicted molar refractivity (Wildman–Crippen MR) is 102 cm³/mol. The number of rotatable bonds is 8. The fourth-order valence-corrected chi connectivity index (χ4v) is 6.21. The number of urea groups is 1. The van der Waals surface area contributed by atoms with Gasteiger partial charge in [-0.1, -0.05) is 20.4 Å². The van der Waals surface area contributed by atoms with Crippen LogP contribution in [-0.4, -0.2) is 60.2 Å². The van der Waals surface area contributed by atoms with Gasteiger partial charge in [-0.3, -0.25) is 9.42 Å². The van der Waals surface area contributed by atoms with Crippen LogP contribution in [0.3, 0.4) is 0 Å². The van der Waals surface area contributed by atoms with E-state index < -0.39 is 59.5 Å². The van der Waals surface area contributed by atoms with Gasteiger partial charge in [0.1, 0.15) is 11.8 Å². The van der Waals surface area contributed by atoms with E-state index in [1.54, 1.807) is 13.8 Å². The number of amides is 2. The Hall–Kier alpha value is -0.920. The number of ether oxygens (including phenoxy) is 1. The number of carbonyl (C=O) groups is 1. The van der Waals surface area contributed by atoms with Crippen LogP contribution in [0, 0.1) is 5.41 Å². The molecule has 5 atom stereocenters. The van der Waals surface area contributed by atoms with Crippen molar-refractivity contribution in [1.82, 2.24) is 10.2 Å². The van der Waals surface area contributed by atoms with Gasteiger partial charge in [0.2, 0.25) is 0 Å². The van der Waals surface area contributed by atoms with E-state index in [1.807, 2.05) is 0 Å². The summed E-state index contributed by atoms with van der Waals surface area (Å²) >= 11 is 0. The van der Waals surface area contributed by atoms with Crippen LogP contribution in [0.5, 0.6) is 0 Å². The molecule has 2 aliphatic rings. The second-order valence-electron chi connectivity index (χ2n) is 7.55. The Morgan fingerprint density at radius 1 is 1.16 bits per heavy atom. The molecule has 178 valence electrons. The summed E-state index contributed by atoms with van der Waals surface area (Å²) in [6, 6.07) is -0.602. The summed E-state index contributed by atoms with van der Waals surface area (Å²) in [5.74, 6) is 0. The second-order valence-corrected chi connectivity index (χ2v) is 12.0. The number of phosphoric acid groups is 3. The molecule has 31 heavy (non-hydrogen) atoms. The molecule has 15 nitrogen and oxygen atoms in total. The van der Waals surface area contributed by atoms with Crippen LogP contribution >= 0.6 is 23.5 Å². The first-order valence-corrected chi connectivity index (χ1v) is 12.9. The summed E-state index contributed by atoms with van der Waals surface area (Å²) in [5.41, 5.74) is -2.52. The van der Waals surface area contributed by atoms with Gasteiger partial charge in [0.25, 0.3) is 0 Å². The smallest absolute Gasteiger partial charge is 0.389 e. The van der Waals surface area contributed by atoms with Crippen LogP contribution in [0.25, 0.3) is 0 Å². The normalized spacial score (nSPS) is 32.5. The van der Waals surface area contributed by atoms with Gasteiger partial charge >= 0.3 is 29.5 Å². The zero-order valence-corrected chi connectivity index (χ0v) is 19.2.